The molecule has 0 bridgehead atoms. The Morgan fingerprint density at radius 2 is 2.22 bits per heavy atom. The summed E-state index contributed by atoms with van der Waals surface area (Å²) in [5, 5.41) is 13.8. The number of esters is 1. The van der Waals surface area contributed by atoms with Gasteiger partial charge in [-0.3, -0.25) is 4.79 Å². The van der Waals surface area contributed by atoms with Crippen LogP contribution in [0.3, 0.4) is 0 Å². The van der Waals surface area contributed by atoms with E-state index in [0.29, 0.717) is 5.02 Å². The second-order valence-electron chi connectivity index (χ2n) is 4.13. The average Bonchev–Trinajstić information content (AvgIpc) is 2.38. The molecule has 0 aromatic heterocycles. The van der Waals surface area contributed by atoms with Gasteiger partial charge in [-0.1, -0.05) is 23.7 Å². The molecule has 0 aliphatic heterocycles. The monoisotopic (exact) mass is 271 g/mol. The number of hydrogen-bond donors (Lipinski definition) is 2. The molecule has 0 saturated carbocycles. The third-order valence-corrected chi connectivity index (χ3v) is 3.31. The molecule has 1 aromatic rings. The van der Waals surface area contributed by atoms with Crippen LogP contribution in [0.15, 0.2) is 18.2 Å². The Hall–Kier alpha value is -1.10. The van der Waals surface area contributed by atoms with E-state index in [1.807, 2.05) is 13.0 Å². The van der Waals surface area contributed by atoms with Crippen LogP contribution in [-0.4, -0.2) is 31.3 Å². The lowest BCUT2D eigenvalue weighted by Crippen LogP contribution is -2.34. The number of rotatable bonds is 5. The first-order valence-electron chi connectivity index (χ1n) is 5.67. The highest BCUT2D eigenvalue weighted by Crippen LogP contribution is 2.24. The van der Waals surface area contributed by atoms with E-state index in [9.17, 15) is 9.90 Å². The van der Waals surface area contributed by atoms with Gasteiger partial charge in [0.15, 0.2) is 0 Å². The van der Waals surface area contributed by atoms with Crippen LogP contribution in [0, 0.1) is 6.92 Å². The molecule has 0 radical (unpaired) electrons. The van der Waals surface area contributed by atoms with Gasteiger partial charge in [0.1, 0.15) is 0 Å². The minimum atomic E-state index is -0.787. The van der Waals surface area contributed by atoms with Crippen LogP contribution in [-0.2, 0) is 9.53 Å². The van der Waals surface area contributed by atoms with Crippen LogP contribution >= 0.6 is 11.6 Å². The summed E-state index contributed by atoms with van der Waals surface area (Å²) in [5.41, 5.74) is 1.61. The Morgan fingerprint density at radius 3 is 2.72 bits per heavy atom. The molecule has 0 amide bonds. The van der Waals surface area contributed by atoms with Crippen LogP contribution in [0.4, 0.5) is 0 Å². The first-order chi connectivity index (χ1) is 8.49. The maximum Gasteiger partial charge on any atom is 0.307 e. The predicted octanol–water partition coefficient (Wildman–Crippen LogP) is 1.83. The van der Waals surface area contributed by atoms with Crippen molar-refractivity contribution in [2.75, 3.05) is 14.2 Å². The summed E-state index contributed by atoms with van der Waals surface area (Å²) in [6, 6.07) is 4.91. The fourth-order valence-electron chi connectivity index (χ4n) is 1.72. The van der Waals surface area contributed by atoms with Gasteiger partial charge in [0.2, 0.25) is 0 Å². The number of aryl methyl sites for hydroxylation is 1. The maximum absolute atomic E-state index is 11.2. The third-order valence-electron chi connectivity index (χ3n) is 2.89. The zero-order chi connectivity index (χ0) is 13.7. The number of aliphatic hydroxyl groups is 1. The SMILES string of the molecule is CNC(CC(=O)OC)C(O)c1ccc(Cl)c(C)c1. The lowest BCUT2D eigenvalue weighted by atomic mass is 9.98. The van der Waals surface area contributed by atoms with Gasteiger partial charge in [0, 0.05) is 11.1 Å². The summed E-state index contributed by atoms with van der Waals surface area (Å²) in [6.07, 6.45) is -0.680. The highest BCUT2D eigenvalue weighted by molar-refractivity contribution is 6.31. The minimum absolute atomic E-state index is 0.107. The standard InChI is InChI=1S/C13H18ClNO3/c1-8-6-9(4-5-10(8)14)13(17)11(15-2)7-12(16)18-3/h4-6,11,13,15,17H,7H2,1-3H3. The van der Waals surface area contributed by atoms with E-state index < -0.39 is 12.1 Å². The Bertz CT molecular complexity index is 423. The van der Waals surface area contributed by atoms with Crippen LogP contribution in [0.5, 0.6) is 0 Å². The van der Waals surface area contributed by atoms with E-state index in [1.54, 1.807) is 19.2 Å². The summed E-state index contributed by atoms with van der Waals surface area (Å²) in [7, 11) is 3.02. The number of carbonyl (C=O) groups excluding carboxylic acids is 1. The zero-order valence-corrected chi connectivity index (χ0v) is 11.5. The van der Waals surface area contributed by atoms with E-state index >= 15 is 0 Å². The fraction of sp³-hybridized carbons (Fsp3) is 0.462. The highest BCUT2D eigenvalue weighted by Gasteiger charge is 2.22. The fourth-order valence-corrected chi connectivity index (χ4v) is 1.84. The second-order valence-corrected chi connectivity index (χ2v) is 4.54. The van der Waals surface area contributed by atoms with Gasteiger partial charge in [-0.2, -0.15) is 0 Å². The van der Waals surface area contributed by atoms with E-state index in [1.165, 1.54) is 7.11 Å². The van der Waals surface area contributed by atoms with Crippen molar-refractivity contribution >= 4 is 17.6 Å². The van der Waals surface area contributed by atoms with Gasteiger partial charge in [0.25, 0.3) is 0 Å². The summed E-state index contributed by atoms with van der Waals surface area (Å²) in [6.45, 7) is 1.87. The largest absolute Gasteiger partial charge is 0.469 e. The van der Waals surface area contributed by atoms with E-state index in [0.717, 1.165) is 11.1 Å². The van der Waals surface area contributed by atoms with Crippen molar-refractivity contribution in [3.8, 4) is 0 Å². The van der Waals surface area contributed by atoms with Gasteiger partial charge < -0.3 is 15.2 Å². The number of likely N-dealkylation sites (N-methyl/N-ethyl adjacent to an activating group) is 1. The molecule has 0 aliphatic rings. The zero-order valence-electron chi connectivity index (χ0n) is 10.7. The van der Waals surface area contributed by atoms with Crippen LogP contribution < -0.4 is 5.32 Å². The number of carbonyl (C=O) groups is 1. The summed E-state index contributed by atoms with van der Waals surface area (Å²) in [4.78, 5) is 11.2. The quantitative estimate of drug-likeness (QED) is 0.803. The molecule has 1 rings (SSSR count). The Morgan fingerprint density at radius 1 is 1.56 bits per heavy atom. The first-order valence-corrected chi connectivity index (χ1v) is 6.05. The van der Waals surface area contributed by atoms with Crippen LogP contribution in [0.2, 0.25) is 5.02 Å². The van der Waals surface area contributed by atoms with Crippen molar-refractivity contribution in [3.63, 3.8) is 0 Å². The molecule has 1 aromatic carbocycles. The van der Waals surface area contributed by atoms with E-state index in [-0.39, 0.29) is 12.4 Å². The van der Waals surface area contributed by atoms with Crippen molar-refractivity contribution in [1.82, 2.24) is 5.32 Å². The second kappa shape index (κ2) is 6.73. The molecule has 0 heterocycles. The molecule has 0 aliphatic carbocycles. The number of aliphatic hydroxyl groups excluding tert-OH is 1. The summed E-state index contributed by atoms with van der Waals surface area (Å²) < 4.78 is 4.60. The topological polar surface area (TPSA) is 58.6 Å². The smallest absolute Gasteiger partial charge is 0.307 e. The molecule has 18 heavy (non-hydrogen) atoms. The number of hydrogen-bond acceptors (Lipinski definition) is 4. The molecule has 0 fully saturated rings. The number of ether oxygens (including phenoxy) is 1. The molecule has 2 atom stereocenters. The minimum Gasteiger partial charge on any atom is -0.469 e. The summed E-state index contributed by atoms with van der Waals surface area (Å²) >= 11 is 5.93. The Kier molecular flexibility index (Phi) is 5.59. The Balaban J connectivity index is 2.85. The molecule has 2 unspecified atom stereocenters. The lowest BCUT2D eigenvalue weighted by molar-refractivity contribution is -0.141. The molecule has 5 heteroatoms. The van der Waals surface area contributed by atoms with Crippen molar-refractivity contribution < 1.29 is 14.6 Å². The van der Waals surface area contributed by atoms with Crippen molar-refractivity contribution in [2.45, 2.75) is 25.5 Å². The van der Waals surface area contributed by atoms with Gasteiger partial charge in [-0.25, -0.2) is 0 Å². The molecule has 100 valence electrons. The van der Waals surface area contributed by atoms with Crippen molar-refractivity contribution in [2.24, 2.45) is 0 Å². The van der Waals surface area contributed by atoms with Crippen LogP contribution in [0.25, 0.3) is 0 Å². The van der Waals surface area contributed by atoms with Gasteiger partial charge in [-0.05, 0) is 31.2 Å². The number of halogens is 1. The van der Waals surface area contributed by atoms with Gasteiger partial charge >= 0.3 is 5.97 Å². The first kappa shape index (κ1) is 15.0. The highest BCUT2D eigenvalue weighted by atomic mass is 35.5. The average molecular weight is 272 g/mol. The lowest BCUT2D eigenvalue weighted by Gasteiger charge is -2.22. The normalized spacial score (nSPS) is 14.1. The Labute approximate surface area is 112 Å². The molecule has 0 saturated heterocycles. The van der Waals surface area contributed by atoms with Crippen LogP contribution in [0.1, 0.15) is 23.7 Å². The predicted molar refractivity (Wildman–Crippen MR) is 70.6 cm³/mol. The molecule has 2 N–H and O–H groups in total. The summed E-state index contributed by atoms with van der Waals surface area (Å²) in [5.74, 6) is -0.362. The van der Waals surface area contributed by atoms with Crippen molar-refractivity contribution in [3.05, 3.63) is 34.3 Å². The van der Waals surface area contributed by atoms with Gasteiger partial charge in [0.05, 0.1) is 19.6 Å². The molecule has 0 spiro atoms. The van der Waals surface area contributed by atoms with E-state index in [4.69, 9.17) is 11.6 Å². The maximum atomic E-state index is 11.2. The number of nitrogens with one attached hydrogen (secondary N) is 1. The molecule has 4 nitrogen and oxygen atoms in total. The van der Waals surface area contributed by atoms with E-state index in [2.05, 4.69) is 10.1 Å². The third kappa shape index (κ3) is 3.70. The van der Waals surface area contributed by atoms with Crippen molar-refractivity contribution in [1.29, 1.82) is 0 Å². The number of methoxy groups -OCH3 is 1. The van der Waals surface area contributed by atoms with Gasteiger partial charge in [-0.15, -0.1) is 0 Å². The molecular weight excluding hydrogens is 254 g/mol. The molecular formula is C13H18ClNO3. The number of benzene rings is 1.